The van der Waals surface area contributed by atoms with E-state index in [0.29, 0.717) is 64.1 Å². The summed E-state index contributed by atoms with van der Waals surface area (Å²) in [5.41, 5.74) is 3.74. The average Bonchev–Trinajstić information content (AvgIpc) is 1.73. The van der Waals surface area contributed by atoms with Gasteiger partial charge >= 0.3 is 7.12 Å². The molecule has 7 heterocycles. The van der Waals surface area contributed by atoms with Gasteiger partial charge in [-0.05, 0) is 125 Å². The van der Waals surface area contributed by atoms with Crippen molar-refractivity contribution in [3.8, 4) is 22.9 Å². The van der Waals surface area contributed by atoms with E-state index in [2.05, 4.69) is 55.9 Å². The minimum absolute atomic E-state index is 0. The molecule has 0 unspecified atom stereocenters. The quantitative estimate of drug-likeness (QED) is 0.0527. The molecule has 0 atom stereocenters. The zero-order chi connectivity index (χ0) is 59.9. The van der Waals surface area contributed by atoms with Crippen molar-refractivity contribution in [2.24, 2.45) is 0 Å². The van der Waals surface area contributed by atoms with Gasteiger partial charge in [0.1, 0.15) is 36.2 Å². The molecule has 2 spiro atoms. The Kier molecular flexibility index (Phi) is 17.1. The molecular weight excluding hydrogens is 1220 g/mol. The van der Waals surface area contributed by atoms with Crippen molar-refractivity contribution in [2.75, 3.05) is 72.2 Å². The van der Waals surface area contributed by atoms with Crippen LogP contribution in [0, 0.1) is 11.6 Å². The van der Waals surface area contributed by atoms with Gasteiger partial charge in [0.2, 0.25) is 43.6 Å². The first-order valence-corrected chi connectivity index (χ1v) is 32.8. The number of hydrogen-bond donors (Lipinski definition) is 4. The molecule has 3 aliphatic heterocycles. The molecule has 454 valence electrons. The first kappa shape index (κ1) is 62.2. The van der Waals surface area contributed by atoms with Crippen LogP contribution in [0.3, 0.4) is 0 Å². The summed E-state index contributed by atoms with van der Waals surface area (Å²) >= 11 is 3.25. The third-order valence-corrected chi connectivity index (χ3v) is 18.8. The molecule has 20 nitrogen and oxygen atoms in total. The number of sulfonamides is 2. The predicted octanol–water partition coefficient (Wildman–Crippen LogP) is 8.18. The molecule has 0 radical (unpaired) electrons. The number of carbonyl (C=O) groups is 2. The maximum Gasteiger partial charge on any atom is 0.497 e. The van der Waals surface area contributed by atoms with Crippen LogP contribution in [0.25, 0.3) is 32.9 Å². The Morgan fingerprint density at radius 3 is 1.54 bits per heavy atom. The van der Waals surface area contributed by atoms with Gasteiger partial charge in [-0.2, -0.15) is 0 Å². The summed E-state index contributed by atoms with van der Waals surface area (Å²) in [6.45, 7) is 9.88. The number of likely N-dealkylation sites (N-methyl/N-ethyl adjacent to an activating group) is 2. The smallest absolute Gasteiger partial charge is 0.475 e. The van der Waals surface area contributed by atoms with Crippen molar-refractivity contribution < 1.29 is 54.0 Å². The molecule has 2 aromatic carbocycles. The Hall–Kier alpha value is -5.87. The number of anilines is 4. The average molecular weight is 1290 g/mol. The molecule has 2 amide bonds. The number of ether oxygens (including phenoxy) is 2. The van der Waals surface area contributed by atoms with Gasteiger partial charge in [-0.15, -0.1) is 12.4 Å². The number of benzene rings is 2. The number of hydrogen-bond acceptors (Lipinski definition) is 16. The largest absolute Gasteiger partial charge is 0.497 e. The number of rotatable bonds is 16. The summed E-state index contributed by atoms with van der Waals surface area (Å²) in [6.07, 6.45) is 18.4. The SMILES string of the molecule is CN1C(=O)C2(CCC2)c2c1cnc1cc(F)c(-c3cnc(OCCNC4CC4)c(NS(C)(=O)=O)c3)cc21.CN1C(=O)C2(CCC2)c2c1cnc1cc(F)c(B3OC(C)(C)C(C)(C)O3)cc21.CS(=O)(=O)Nc1cc(Br)cnc1OCCNC1CC1.Cl. The number of carbonyl (C=O) groups excluding carboxylic acids is 2. The number of halogens is 4. The zero-order valence-corrected chi connectivity index (χ0v) is 52.6. The molecule has 4 aromatic heterocycles. The van der Waals surface area contributed by atoms with Crippen LogP contribution in [-0.2, 0) is 49.8 Å². The second-order valence-corrected chi connectivity index (χ2v) is 28.4. The number of fused-ring (bicyclic) bond motifs is 8. The van der Waals surface area contributed by atoms with Gasteiger partial charge in [-0.25, -0.2) is 35.6 Å². The number of pyridine rings is 4. The van der Waals surface area contributed by atoms with Crippen LogP contribution in [0.4, 0.5) is 31.5 Å². The number of nitrogens with one attached hydrogen (secondary N) is 4. The van der Waals surface area contributed by atoms with Crippen LogP contribution in [0.1, 0.15) is 103 Å². The molecule has 4 saturated carbocycles. The van der Waals surface area contributed by atoms with E-state index in [1.807, 2.05) is 27.7 Å². The standard InChI is InChI=1S/C26H28FN5O4S.C21H24BFN2O3.C11H16BrN3O3S.ClH/c1-32-22-14-29-20-12-19(27)17(11-18(20)23(22)26(25(32)33)6-3-7-26)15-10-21(31-37(2,34)35)24(30-13-15)36-9-8-28-16-4-5-16;1-19(2)20(3,4)28-22(27-19)13-9-12-15(10-14(13)23)24-11-16-17(12)21(7-6-8-21)18(26)25(16)5;1-19(16,17)15-10-6-8(12)7-14-11(10)18-5-4-13-9-2-3-9;/h10-14,16,28,31H,3-9H2,1-2H3;9-11H,6-8H2,1-5H3;6-7,9,13,15H,2-5H2,1H3;1H. The topological polar surface area (TPSA) is 246 Å². The molecule has 5 fully saturated rings. The number of nitrogens with zero attached hydrogens (tertiary/aromatic N) is 6. The first-order valence-electron chi connectivity index (χ1n) is 28.2. The lowest BCUT2D eigenvalue weighted by atomic mass is 9.64. The highest BCUT2D eigenvalue weighted by Gasteiger charge is 2.57. The predicted molar refractivity (Wildman–Crippen MR) is 329 cm³/mol. The van der Waals surface area contributed by atoms with Crippen molar-refractivity contribution in [2.45, 2.75) is 126 Å². The van der Waals surface area contributed by atoms with Gasteiger partial charge in [0.25, 0.3) is 0 Å². The molecule has 0 bridgehead atoms. The van der Waals surface area contributed by atoms with Gasteiger partial charge in [-0.3, -0.25) is 29.0 Å². The normalized spacial score (nSPS) is 19.3. The number of amides is 2. The van der Waals surface area contributed by atoms with Crippen LogP contribution in [0.15, 0.2) is 65.7 Å². The number of aromatic nitrogens is 4. The van der Waals surface area contributed by atoms with Gasteiger partial charge < -0.3 is 39.2 Å². The van der Waals surface area contributed by atoms with Crippen molar-refractivity contribution in [1.29, 1.82) is 0 Å². The highest BCUT2D eigenvalue weighted by Crippen LogP contribution is 2.56. The van der Waals surface area contributed by atoms with Crippen LogP contribution in [-0.4, -0.2) is 132 Å². The second kappa shape index (κ2) is 23.3. The maximum atomic E-state index is 15.4. The molecule has 13 rings (SSSR count). The third-order valence-electron chi connectivity index (χ3n) is 17.2. The lowest BCUT2D eigenvalue weighted by Gasteiger charge is -2.37. The zero-order valence-electron chi connectivity index (χ0n) is 48.5. The van der Waals surface area contributed by atoms with E-state index in [0.717, 1.165) is 104 Å². The maximum absolute atomic E-state index is 15.4. The Morgan fingerprint density at radius 2 is 1.09 bits per heavy atom. The minimum Gasteiger partial charge on any atom is -0.475 e. The summed E-state index contributed by atoms with van der Waals surface area (Å²) in [7, 11) is -4.25. The summed E-state index contributed by atoms with van der Waals surface area (Å²) in [5.74, 6) is -0.353. The fourth-order valence-electron chi connectivity index (χ4n) is 11.6. The van der Waals surface area contributed by atoms with E-state index in [-0.39, 0.29) is 47.2 Å². The van der Waals surface area contributed by atoms with Gasteiger partial charge in [0.15, 0.2) is 0 Å². The van der Waals surface area contributed by atoms with Gasteiger partial charge in [0, 0.05) is 101 Å². The molecule has 7 aliphatic rings. The molecule has 1 saturated heterocycles. The van der Waals surface area contributed by atoms with E-state index in [1.165, 1.54) is 37.2 Å². The van der Waals surface area contributed by atoms with E-state index in [1.54, 1.807) is 60.7 Å². The monoisotopic (exact) mass is 1290 g/mol. The van der Waals surface area contributed by atoms with Crippen LogP contribution < -0.4 is 44.8 Å². The van der Waals surface area contributed by atoms with Crippen molar-refractivity contribution >= 4 is 117 Å². The first-order chi connectivity index (χ1) is 39.7. The van der Waals surface area contributed by atoms with E-state index in [4.69, 9.17) is 18.8 Å². The molecule has 6 aromatic rings. The Morgan fingerprint density at radius 1 is 0.647 bits per heavy atom. The highest BCUT2D eigenvalue weighted by atomic mass is 79.9. The Bertz CT molecular complexity index is 3860. The minimum atomic E-state index is -3.64. The fourth-order valence-corrected chi connectivity index (χ4v) is 13.0. The van der Waals surface area contributed by atoms with E-state index >= 15 is 4.39 Å². The second-order valence-electron chi connectivity index (χ2n) is 23.9. The summed E-state index contributed by atoms with van der Waals surface area (Å²) in [4.78, 5) is 46.7. The summed E-state index contributed by atoms with van der Waals surface area (Å²) in [5, 5.41) is 8.17. The Labute approximate surface area is 508 Å². The van der Waals surface area contributed by atoms with Crippen molar-refractivity contribution in [3.05, 3.63) is 88.4 Å². The lowest BCUT2D eigenvalue weighted by molar-refractivity contribution is -0.126. The lowest BCUT2D eigenvalue weighted by Crippen LogP contribution is -2.44. The molecule has 27 heteroatoms. The Balaban J connectivity index is 0.000000149. The van der Waals surface area contributed by atoms with Crippen LogP contribution >= 0.6 is 28.3 Å². The van der Waals surface area contributed by atoms with Gasteiger partial charge in [0.05, 0.1) is 69.3 Å². The third kappa shape index (κ3) is 12.4. The fraction of sp³-hybridized carbons (Fsp3) is 0.483. The van der Waals surface area contributed by atoms with Crippen LogP contribution in [0.5, 0.6) is 11.8 Å². The highest BCUT2D eigenvalue weighted by molar-refractivity contribution is 9.10. The molecule has 4 N–H and O–H groups in total. The summed E-state index contributed by atoms with van der Waals surface area (Å²) < 4.78 is 106. The molecular formula is C58H69BBrClF2N10O10S2. The van der Waals surface area contributed by atoms with Crippen molar-refractivity contribution in [1.82, 2.24) is 30.6 Å². The van der Waals surface area contributed by atoms with Crippen LogP contribution in [0.2, 0.25) is 0 Å². The van der Waals surface area contributed by atoms with E-state index < -0.39 is 60.8 Å². The van der Waals surface area contributed by atoms with E-state index in [9.17, 15) is 30.8 Å². The van der Waals surface area contributed by atoms with Gasteiger partial charge in [-0.1, -0.05) is 12.8 Å². The molecule has 85 heavy (non-hydrogen) atoms. The van der Waals surface area contributed by atoms with Crippen molar-refractivity contribution in [3.63, 3.8) is 0 Å². The summed E-state index contributed by atoms with van der Waals surface area (Å²) in [6, 6.07) is 10.6. The molecule has 4 aliphatic carbocycles.